The highest BCUT2D eigenvalue weighted by molar-refractivity contribution is 9.10. The molecule has 0 spiro atoms. The second-order valence-electron chi connectivity index (χ2n) is 5.42. The van der Waals surface area contributed by atoms with Gasteiger partial charge in [0.2, 0.25) is 11.8 Å². The molecular formula is C18H19BrN2O2. The summed E-state index contributed by atoms with van der Waals surface area (Å²) in [6, 6.07) is 13.2. The third-order valence-electron chi connectivity index (χ3n) is 3.49. The molecule has 2 amide bonds. The maximum absolute atomic E-state index is 12.3. The van der Waals surface area contributed by atoms with Gasteiger partial charge in [-0.05, 0) is 59.1 Å². The molecule has 120 valence electrons. The summed E-state index contributed by atoms with van der Waals surface area (Å²) < 4.78 is 0.816. The van der Waals surface area contributed by atoms with Crippen LogP contribution in [0.25, 0.3) is 0 Å². The van der Waals surface area contributed by atoms with Gasteiger partial charge in [0.05, 0.1) is 5.69 Å². The van der Waals surface area contributed by atoms with Gasteiger partial charge in [0.25, 0.3) is 0 Å². The lowest BCUT2D eigenvalue weighted by Crippen LogP contribution is -2.37. The van der Waals surface area contributed by atoms with Crippen LogP contribution in [-0.4, -0.2) is 18.4 Å². The smallest absolute Gasteiger partial charge is 0.244 e. The van der Waals surface area contributed by atoms with E-state index in [1.165, 1.54) is 11.8 Å². The van der Waals surface area contributed by atoms with E-state index in [4.69, 9.17) is 0 Å². The Bertz CT molecular complexity index is 744. The molecular weight excluding hydrogens is 356 g/mol. The lowest BCUT2D eigenvalue weighted by atomic mass is 10.1. The summed E-state index contributed by atoms with van der Waals surface area (Å²) in [5, 5.41) is 2.83. The summed E-state index contributed by atoms with van der Waals surface area (Å²) in [7, 11) is 0. The van der Waals surface area contributed by atoms with Crippen molar-refractivity contribution in [2.45, 2.75) is 20.8 Å². The maximum Gasteiger partial charge on any atom is 0.244 e. The van der Waals surface area contributed by atoms with Crippen molar-refractivity contribution in [3.8, 4) is 0 Å². The van der Waals surface area contributed by atoms with Crippen LogP contribution in [0.3, 0.4) is 0 Å². The van der Waals surface area contributed by atoms with Crippen molar-refractivity contribution in [1.29, 1.82) is 0 Å². The minimum Gasteiger partial charge on any atom is -0.324 e. The highest BCUT2D eigenvalue weighted by Gasteiger charge is 2.17. The first-order valence-corrected chi connectivity index (χ1v) is 8.07. The molecule has 0 unspecified atom stereocenters. The Hall–Kier alpha value is -2.14. The van der Waals surface area contributed by atoms with Crippen molar-refractivity contribution in [3.05, 3.63) is 58.1 Å². The first-order valence-electron chi connectivity index (χ1n) is 7.28. The summed E-state index contributed by atoms with van der Waals surface area (Å²) in [4.78, 5) is 25.7. The van der Waals surface area contributed by atoms with E-state index in [1.54, 1.807) is 0 Å². The average Bonchev–Trinajstić information content (AvgIpc) is 2.48. The second-order valence-corrected chi connectivity index (χ2v) is 6.28. The lowest BCUT2D eigenvalue weighted by Gasteiger charge is -2.22. The number of aryl methyl sites for hydroxylation is 2. The Labute approximate surface area is 144 Å². The van der Waals surface area contributed by atoms with E-state index in [0.29, 0.717) is 5.69 Å². The molecule has 5 heteroatoms. The van der Waals surface area contributed by atoms with Crippen molar-refractivity contribution in [2.75, 3.05) is 16.8 Å². The Morgan fingerprint density at radius 3 is 2.43 bits per heavy atom. The van der Waals surface area contributed by atoms with Gasteiger partial charge in [-0.1, -0.05) is 24.3 Å². The molecule has 0 saturated heterocycles. The second kappa shape index (κ2) is 7.42. The van der Waals surface area contributed by atoms with Gasteiger partial charge in [0, 0.05) is 17.1 Å². The Morgan fingerprint density at radius 2 is 1.83 bits per heavy atom. The number of amides is 2. The monoisotopic (exact) mass is 374 g/mol. The van der Waals surface area contributed by atoms with E-state index in [9.17, 15) is 9.59 Å². The molecule has 23 heavy (non-hydrogen) atoms. The lowest BCUT2D eigenvalue weighted by molar-refractivity contribution is -0.120. The van der Waals surface area contributed by atoms with Crippen LogP contribution in [0.5, 0.6) is 0 Å². The van der Waals surface area contributed by atoms with Gasteiger partial charge in [-0.2, -0.15) is 0 Å². The third-order valence-corrected chi connectivity index (χ3v) is 4.14. The molecule has 0 heterocycles. The highest BCUT2D eigenvalue weighted by atomic mass is 79.9. The normalized spacial score (nSPS) is 10.3. The zero-order valence-electron chi connectivity index (χ0n) is 13.4. The van der Waals surface area contributed by atoms with Crippen molar-refractivity contribution in [1.82, 2.24) is 0 Å². The zero-order valence-corrected chi connectivity index (χ0v) is 15.0. The number of carbonyl (C=O) groups excluding carboxylic acids is 2. The zero-order chi connectivity index (χ0) is 17.0. The number of para-hydroxylation sites is 1. The van der Waals surface area contributed by atoms with Crippen LogP contribution in [0.4, 0.5) is 11.4 Å². The van der Waals surface area contributed by atoms with E-state index in [-0.39, 0.29) is 18.4 Å². The maximum atomic E-state index is 12.3. The molecule has 1 N–H and O–H groups in total. The van der Waals surface area contributed by atoms with Crippen LogP contribution in [0.15, 0.2) is 46.9 Å². The minimum absolute atomic E-state index is 0.0273. The number of hydrogen-bond donors (Lipinski definition) is 1. The predicted octanol–water partition coefficient (Wildman–Crippen LogP) is 4.06. The fourth-order valence-electron chi connectivity index (χ4n) is 2.29. The SMILES string of the molecule is CC(=O)N(CC(=O)Nc1ccc(C)cc1Br)c1ccccc1C. The molecule has 0 aliphatic carbocycles. The van der Waals surface area contributed by atoms with E-state index in [2.05, 4.69) is 21.2 Å². The summed E-state index contributed by atoms with van der Waals surface area (Å²) >= 11 is 3.43. The van der Waals surface area contributed by atoms with Gasteiger partial charge in [0.15, 0.2) is 0 Å². The highest BCUT2D eigenvalue weighted by Crippen LogP contribution is 2.24. The quantitative estimate of drug-likeness (QED) is 0.876. The molecule has 0 radical (unpaired) electrons. The van der Waals surface area contributed by atoms with Gasteiger partial charge in [-0.25, -0.2) is 0 Å². The molecule has 0 bridgehead atoms. The summed E-state index contributed by atoms with van der Waals surface area (Å²) in [5.74, 6) is -0.412. The number of benzene rings is 2. The van der Waals surface area contributed by atoms with Crippen LogP contribution in [-0.2, 0) is 9.59 Å². The molecule has 2 rings (SSSR count). The van der Waals surface area contributed by atoms with E-state index >= 15 is 0 Å². The molecule has 0 atom stereocenters. The first kappa shape index (κ1) is 17.2. The summed E-state index contributed by atoms with van der Waals surface area (Å²) in [5.41, 5.74) is 3.49. The third kappa shape index (κ3) is 4.42. The fraction of sp³-hybridized carbons (Fsp3) is 0.222. The number of anilines is 2. The minimum atomic E-state index is -0.243. The van der Waals surface area contributed by atoms with Gasteiger partial charge < -0.3 is 10.2 Å². The number of nitrogens with one attached hydrogen (secondary N) is 1. The molecule has 2 aromatic rings. The molecule has 0 fully saturated rings. The van der Waals surface area contributed by atoms with Crippen LogP contribution >= 0.6 is 15.9 Å². The van der Waals surface area contributed by atoms with Crippen molar-refractivity contribution >= 4 is 39.1 Å². The van der Waals surface area contributed by atoms with E-state index in [1.807, 2.05) is 56.3 Å². The Balaban J connectivity index is 2.16. The van der Waals surface area contributed by atoms with E-state index < -0.39 is 0 Å². The Morgan fingerprint density at radius 1 is 1.13 bits per heavy atom. The van der Waals surface area contributed by atoms with Gasteiger partial charge in [0.1, 0.15) is 6.54 Å². The number of rotatable bonds is 4. The Kier molecular flexibility index (Phi) is 5.55. The van der Waals surface area contributed by atoms with Gasteiger partial charge in [-0.3, -0.25) is 9.59 Å². The van der Waals surface area contributed by atoms with Crippen LogP contribution in [0.2, 0.25) is 0 Å². The first-order chi connectivity index (χ1) is 10.9. The van der Waals surface area contributed by atoms with Crippen LogP contribution in [0, 0.1) is 13.8 Å². The van der Waals surface area contributed by atoms with Crippen molar-refractivity contribution in [3.63, 3.8) is 0 Å². The largest absolute Gasteiger partial charge is 0.324 e. The number of nitrogens with zero attached hydrogens (tertiary/aromatic N) is 1. The van der Waals surface area contributed by atoms with Crippen molar-refractivity contribution in [2.24, 2.45) is 0 Å². The average molecular weight is 375 g/mol. The molecule has 0 aliphatic heterocycles. The fourth-order valence-corrected chi connectivity index (χ4v) is 2.88. The number of hydrogen-bond acceptors (Lipinski definition) is 2. The molecule has 0 aliphatic rings. The standard InChI is InChI=1S/C18H19BrN2O2/c1-12-8-9-16(15(19)10-12)20-18(23)11-21(14(3)22)17-7-5-4-6-13(17)2/h4-10H,11H2,1-3H3,(H,20,23). The van der Waals surface area contributed by atoms with E-state index in [0.717, 1.165) is 21.3 Å². The number of halogens is 1. The molecule has 0 aromatic heterocycles. The molecule has 0 saturated carbocycles. The summed E-state index contributed by atoms with van der Waals surface area (Å²) in [6.45, 7) is 5.33. The van der Waals surface area contributed by atoms with Gasteiger partial charge >= 0.3 is 0 Å². The molecule has 4 nitrogen and oxygen atoms in total. The number of carbonyl (C=O) groups is 2. The van der Waals surface area contributed by atoms with Crippen LogP contribution < -0.4 is 10.2 Å². The van der Waals surface area contributed by atoms with Gasteiger partial charge in [-0.15, -0.1) is 0 Å². The van der Waals surface area contributed by atoms with Crippen LogP contribution in [0.1, 0.15) is 18.1 Å². The topological polar surface area (TPSA) is 49.4 Å². The molecule has 2 aromatic carbocycles. The summed E-state index contributed by atoms with van der Waals surface area (Å²) in [6.07, 6.45) is 0. The predicted molar refractivity (Wildman–Crippen MR) is 96.7 cm³/mol. The van der Waals surface area contributed by atoms with Crippen molar-refractivity contribution < 1.29 is 9.59 Å².